The molecule has 6 nitrogen and oxygen atoms in total. The first kappa shape index (κ1) is 17.8. The molecule has 3 fully saturated rings. The van der Waals surface area contributed by atoms with E-state index in [4.69, 9.17) is 14.7 Å². The summed E-state index contributed by atoms with van der Waals surface area (Å²) in [6.45, 7) is 2.39. The van der Waals surface area contributed by atoms with Gasteiger partial charge in [0.05, 0.1) is 37.0 Å². The highest BCUT2D eigenvalue weighted by Crippen LogP contribution is 2.42. The molecule has 1 aromatic carbocycles. The molecule has 1 amide bonds. The minimum absolute atomic E-state index is 0.00717. The van der Waals surface area contributed by atoms with Gasteiger partial charge in [0.25, 0.3) is 0 Å². The van der Waals surface area contributed by atoms with Gasteiger partial charge in [-0.1, -0.05) is 12.8 Å². The van der Waals surface area contributed by atoms with Crippen molar-refractivity contribution in [3.63, 3.8) is 0 Å². The van der Waals surface area contributed by atoms with E-state index in [0.717, 1.165) is 18.6 Å². The van der Waals surface area contributed by atoms with Crippen LogP contribution in [0, 0.1) is 39.9 Å². The van der Waals surface area contributed by atoms with Gasteiger partial charge in [-0.2, -0.15) is 10.5 Å². The van der Waals surface area contributed by atoms with E-state index >= 15 is 0 Å². The summed E-state index contributed by atoms with van der Waals surface area (Å²) in [6, 6.07) is 11.5. The van der Waals surface area contributed by atoms with Gasteiger partial charge in [0, 0.05) is 24.9 Å². The molecule has 0 spiro atoms. The number of rotatable bonds is 4. The number of benzene rings is 1. The fraction of sp³-hybridized carbons (Fsp3) is 0.571. The Morgan fingerprint density at radius 1 is 1.22 bits per heavy atom. The molecular weight excluding hydrogens is 342 g/mol. The van der Waals surface area contributed by atoms with E-state index < -0.39 is 5.41 Å². The summed E-state index contributed by atoms with van der Waals surface area (Å²) in [7, 11) is 0. The first-order valence-electron chi connectivity index (χ1n) is 9.60. The largest absolute Gasteiger partial charge is 0.493 e. The zero-order valence-corrected chi connectivity index (χ0v) is 15.3. The number of carbonyl (C=O) groups excluding carboxylic acids is 1. The van der Waals surface area contributed by atoms with Crippen LogP contribution in [0.2, 0.25) is 0 Å². The number of hydrogen-bond acceptors (Lipinski definition) is 5. The fourth-order valence-corrected chi connectivity index (χ4v) is 4.62. The van der Waals surface area contributed by atoms with Gasteiger partial charge >= 0.3 is 0 Å². The number of fused-ring (bicyclic) bond motifs is 1. The third-order valence-electron chi connectivity index (χ3n) is 6.25. The molecule has 2 saturated heterocycles. The second-order valence-electron chi connectivity index (χ2n) is 7.85. The van der Waals surface area contributed by atoms with Crippen molar-refractivity contribution in [2.45, 2.75) is 31.8 Å². The van der Waals surface area contributed by atoms with Crippen LogP contribution < -0.4 is 4.74 Å². The maximum Gasteiger partial charge on any atom is 0.243 e. The maximum atomic E-state index is 13.0. The number of ether oxygens (including phenoxy) is 2. The Hall–Kier alpha value is -2.57. The van der Waals surface area contributed by atoms with Gasteiger partial charge < -0.3 is 14.4 Å². The number of hydrogen-bond donors (Lipinski definition) is 0. The van der Waals surface area contributed by atoms with Crippen LogP contribution in [0.1, 0.15) is 31.2 Å². The van der Waals surface area contributed by atoms with Crippen molar-refractivity contribution in [1.82, 2.24) is 4.90 Å². The third kappa shape index (κ3) is 3.26. The highest BCUT2D eigenvalue weighted by atomic mass is 16.5. The quantitative estimate of drug-likeness (QED) is 0.818. The van der Waals surface area contributed by atoms with Crippen LogP contribution in [0.15, 0.2) is 24.3 Å². The van der Waals surface area contributed by atoms with Crippen LogP contribution in [0.5, 0.6) is 5.75 Å². The average Bonchev–Trinajstić information content (AvgIpc) is 3.42. The lowest BCUT2D eigenvalue weighted by molar-refractivity contribution is -0.138. The molecule has 1 aliphatic carbocycles. The molecule has 27 heavy (non-hydrogen) atoms. The van der Waals surface area contributed by atoms with E-state index in [1.807, 2.05) is 4.90 Å². The number of nitriles is 2. The topological polar surface area (TPSA) is 86.3 Å². The molecule has 0 N–H and O–H groups in total. The summed E-state index contributed by atoms with van der Waals surface area (Å²) in [4.78, 5) is 14.8. The van der Waals surface area contributed by atoms with E-state index in [1.165, 1.54) is 0 Å². The minimum atomic E-state index is -0.812. The lowest BCUT2D eigenvalue weighted by atomic mass is 9.86. The van der Waals surface area contributed by atoms with Crippen LogP contribution in [0.4, 0.5) is 0 Å². The molecular formula is C21H23N3O3. The van der Waals surface area contributed by atoms with Gasteiger partial charge in [-0.05, 0) is 37.1 Å². The Balaban J connectivity index is 1.36. The summed E-state index contributed by atoms with van der Waals surface area (Å²) in [5.74, 6) is 1.21. The third-order valence-corrected chi connectivity index (χ3v) is 6.25. The second-order valence-corrected chi connectivity index (χ2v) is 7.85. The second kappa shape index (κ2) is 7.21. The predicted molar refractivity (Wildman–Crippen MR) is 96.5 cm³/mol. The first-order chi connectivity index (χ1) is 13.1. The number of amides is 1. The summed E-state index contributed by atoms with van der Waals surface area (Å²) in [6.07, 6.45) is 3.32. The van der Waals surface area contributed by atoms with Crippen LogP contribution in [0.3, 0.4) is 0 Å². The molecule has 0 unspecified atom stereocenters. The Kier molecular flexibility index (Phi) is 4.76. The van der Waals surface area contributed by atoms with Gasteiger partial charge in [0.15, 0.2) is 0 Å². The van der Waals surface area contributed by atoms with Crippen molar-refractivity contribution in [1.29, 1.82) is 10.5 Å². The Morgan fingerprint density at radius 3 is 2.63 bits per heavy atom. The molecule has 140 valence electrons. The number of carbonyl (C=O) groups is 1. The molecule has 3 aliphatic rings. The molecule has 1 saturated carbocycles. The molecule has 1 aromatic rings. The molecule has 6 heteroatoms. The lowest BCUT2D eigenvalue weighted by Crippen LogP contribution is -2.42. The van der Waals surface area contributed by atoms with E-state index in [1.54, 1.807) is 24.3 Å². The lowest BCUT2D eigenvalue weighted by Gasteiger charge is -2.27. The zero-order valence-electron chi connectivity index (χ0n) is 15.3. The maximum absolute atomic E-state index is 13.0. The summed E-state index contributed by atoms with van der Waals surface area (Å²) < 4.78 is 11.8. The number of nitrogens with zero attached hydrogens (tertiary/aromatic N) is 3. The van der Waals surface area contributed by atoms with E-state index in [2.05, 4.69) is 12.1 Å². The van der Waals surface area contributed by atoms with E-state index in [-0.39, 0.29) is 23.8 Å². The first-order valence-corrected chi connectivity index (χ1v) is 9.60. The molecule has 3 atom stereocenters. The van der Waals surface area contributed by atoms with Gasteiger partial charge in [0.2, 0.25) is 5.91 Å². The van der Waals surface area contributed by atoms with Crippen LogP contribution in [-0.4, -0.2) is 43.2 Å². The molecule has 0 radical (unpaired) electrons. The van der Waals surface area contributed by atoms with Crippen molar-refractivity contribution in [3.05, 3.63) is 29.8 Å². The van der Waals surface area contributed by atoms with Crippen LogP contribution in [0.25, 0.3) is 0 Å². The highest BCUT2D eigenvalue weighted by molar-refractivity contribution is 5.86. The normalized spacial score (nSPS) is 28.4. The van der Waals surface area contributed by atoms with Crippen molar-refractivity contribution in [3.8, 4) is 17.9 Å². The average molecular weight is 365 g/mol. The van der Waals surface area contributed by atoms with Crippen molar-refractivity contribution in [2.24, 2.45) is 17.3 Å². The predicted octanol–water partition coefficient (Wildman–Crippen LogP) is 2.49. The molecule has 0 aromatic heterocycles. The van der Waals surface area contributed by atoms with Crippen molar-refractivity contribution < 1.29 is 14.3 Å². The van der Waals surface area contributed by atoms with Gasteiger partial charge in [-0.3, -0.25) is 4.79 Å². The van der Waals surface area contributed by atoms with Crippen molar-refractivity contribution in [2.75, 3.05) is 26.3 Å². The van der Waals surface area contributed by atoms with Crippen LogP contribution in [-0.2, 0) is 9.53 Å². The Bertz CT molecular complexity index is 786. The van der Waals surface area contributed by atoms with Gasteiger partial charge in [0.1, 0.15) is 11.2 Å². The fourth-order valence-electron chi connectivity index (χ4n) is 4.62. The summed E-state index contributed by atoms with van der Waals surface area (Å²) in [5.41, 5.74) is -0.206. The summed E-state index contributed by atoms with van der Waals surface area (Å²) >= 11 is 0. The molecule has 2 heterocycles. The zero-order chi connectivity index (χ0) is 18.9. The monoisotopic (exact) mass is 365 g/mol. The van der Waals surface area contributed by atoms with Gasteiger partial charge in [-0.25, -0.2) is 0 Å². The summed E-state index contributed by atoms with van der Waals surface area (Å²) in [5, 5.41) is 18.4. The Morgan fingerprint density at radius 2 is 1.96 bits per heavy atom. The van der Waals surface area contributed by atoms with E-state index in [0.29, 0.717) is 44.7 Å². The van der Waals surface area contributed by atoms with Crippen LogP contribution >= 0.6 is 0 Å². The van der Waals surface area contributed by atoms with E-state index in [9.17, 15) is 10.1 Å². The Labute approximate surface area is 159 Å². The molecule has 4 rings (SSSR count). The smallest absolute Gasteiger partial charge is 0.243 e. The van der Waals surface area contributed by atoms with Crippen molar-refractivity contribution >= 4 is 5.91 Å². The standard InChI is InChI=1S/C21H23N3O3/c22-9-15-3-5-17(6-4-15)26-12-16-13-27-19-11-24(10-18(16)19)20(25)21(14-23)7-1-2-8-21/h3-6,16,18-19H,1-2,7-8,10-13H2/t16-,18-,19-/m1/s1. The SMILES string of the molecule is N#Cc1ccc(OC[C@@H]2CO[C@@H]3CN(C(=O)C4(C#N)CCCC4)C[C@H]23)cc1. The van der Waals surface area contributed by atoms with Gasteiger partial charge in [-0.15, -0.1) is 0 Å². The highest BCUT2D eigenvalue weighted by Gasteiger charge is 2.50. The number of likely N-dealkylation sites (tertiary alicyclic amines) is 1. The molecule has 0 bridgehead atoms. The minimum Gasteiger partial charge on any atom is -0.493 e. The molecule has 2 aliphatic heterocycles.